The molecule has 78 valence electrons. The van der Waals surface area contributed by atoms with E-state index in [0.717, 1.165) is 41.5 Å². The summed E-state index contributed by atoms with van der Waals surface area (Å²) in [5, 5.41) is 2.31. The van der Waals surface area contributed by atoms with Crippen molar-refractivity contribution < 1.29 is 4.74 Å². The number of aromatic nitrogens is 2. The Hall–Kier alpha value is -1.16. The number of hydrogen-bond acceptors (Lipinski definition) is 4. The zero-order chi connectivity index (χ0) is 10.3. The molecule has 0 aliphatic carbocycles. The van der Waals surface area contributed by atoms with Gasteiger partial charge in [0.15, 0.2) is 5.06 Å². The maximum atomic E-state index is 5.66. The molecule has 0 radical (unpaired) electrons. The molecule has 0 unspecified atom stereocenters. The lowest BCUT2D eigenvalue weighted by atomic mass is 10.1. The first-order valence-corrected chi connectivity index (χ1v) is 6.10. The Morgan fingerprint density at radius 1 is 1.47 bits per heavy atom. The highest BCUT2D eigenvalue weighted by atomic mass is 32.1. The minimum Gasteiger partial charge on any atom is -0.484 e. The van der Waals surface area contributed by atoms with E-state index >= 15 is 0 Å². The minimum atomic E-state index is 0.842. The first-order chi connectivity index (χ1) is 7.40. The molecule has 0 spiro atoms. The van der Waals surface area contributed by atoms with Crippen molar-refractivity contribution in [2.75, 3.05) is 6.61 Å². The fourth-order valence-electron chi connectivity index (χ4n) is 2.06. The van der Waals surface area contributed by atoms with Gasteiger partial charge in [-0.25, -0.2) is 9.97 Å². The van der Waals surface area contributed by atoms with Gasteiger partial charge in [-0.15, -0.1) is 0 Å². The zero-order valence-corrected chi connectivity index (χ0v) is 9.43. The molecule has 0 fully saturated rings. The number of ether oxygens (including phenoxy) is 1. The van der Waals surface area contributed by atoms with E-state index in [1.54, 1.807) is 17.7 Å². The molecule has 2 aromatic heterocycles. The lowest BCUT2D eigenvalue weighted by Gasteiger charge is -2.12. The average molecular weight is 220 g/mol. The van der Waals surface area contributed by atoms with Crippen molar-refractivity contribution in [3.05, 3.63) is 17.6 Å². The molecule has 0 saturated heterocycles. The van der Waals surface area contributed by atoms with Crippen LogP contribution in [0.2, 0.25) is 0 Å². The van der Waals surface area contributed by atoms with Crippen molar-refractivity contribution in [3.8, 4) is 5.06 Å². The van der Waals surface area contributed by atoms with Gasteiger partial charge in [0.2, 0.25) is 0 Å². The molecule has 3 heterocycles. The van der Waals surface area contributed by atoms with Gasteiger partial charge >= 0.3 is 0 Å². The molecule has 2 aromatic rings. The van der Waals surface area contributed by atoms with Gasteiger partial charge in [0.05, 0.1) is 12.3 Å². The zero-order valence-electron chi connectivity index (χ0n) is 8.62. The number of rotatable bonds is 1. The first kappa shape index (κ1) is 9.09. The van der Waals surface area contributed by atoms with Crippen molar-refractivity contribution >= 4 is 21.6 Å². The highest BCUT2D eigenvalue weighted by Gasteiger charge is 2.20. The van der Waals surface area contributed by atoms with Crippen LogP contribution >= 0.6 is 11.3 Å². The lowest BCUT2D eigenvalue weighted by molar-refractivity contribution is 0.299. The van der Waals surface area contributed by atoms with Gasteiger partial charge in [0.1, 0.15) is 11.2 Å². The van der Waals surface area contributed by atoms with Crippen molar-refractivity contribution in [2.24, 2.45) is 0 Å². The molecule has 1 aliphatic rings. The Kier molecular flexibility index (Phi) is 2.09. The van der Waals surface area contributed by atoms with Crippen molar-refractivity contribution in [1.29, 1.82) is 0 Å². The molecule has 0 bridgehead atoms. The Labute approximate surface area is 92.1 Å². The predicted molar refractivity (Wildman–Crippen MR) is 60.6 cm³/mol. The second kappa shape index (κ2) is 3.45. The number of hydrogen-bond donors (Lipinski definition) is 0. The smallest absolute Gasteiger partial charge is 0.179 e. The Balaban J connectivity index is 2.33. The quantitative estimate of drug-likeness (QED) is 0.741. The summed E-state index contributed by atoms with van der Waals surface area (Å²) in [5.41, 5.74) is 2.49. The number of thiophene rings is 1. The Morgan fingerprint density at radius 3 is 3.27 bits per heavy atom. The monoisotopic (exact) mass is 220 g/mol. The van der Waals surface area contributed by atoms with Crippen LogP contribution in [0.5, 0.6) is 5.06 Å². The van der Waals surface area contributed by atoms with E-state index in [1.807, 2.05) is 0 Å². The second-order valence-corrected chi connectivity index (χ2v) is 4.64. The van der Waals surface area contributed by atoms with Gasteiger partial charge in [-0.05, 0) is 19.3 Å². The SMILES string of the molecule is CCc1ncnc2sc3c(c12)CCCO3. The summed E-state index contributed by atoms with van der Waals surface area (Å²) < 4.78 is 5.66. The first-order valence-electron chi connectivity index (χ1n) is 5.28. The van der Waals surface area contributed by atoms with Crippen LogP contribution in [0.3, 0.4) is 0 Å². The summed E-state index contributed by atoms with van der Waals surface area (Å²) >= 11 is 1.66. The predicted octanol–water partition coefficient (Wildman–Crippen LogP) is 2.58. The van der Waals surface area contributed by atoms with E-state index in [1.165, 1.54) is 10.9 Å². The van der Waals surface area contributed by atoms with Gasteiger partial charge in [0.25, 0.3) is 0 Å². The summed E-state index contributed by atoms with van der Waals surface area (Å²) in [4.78, 5) is 9.75. The summed E-state index contributed by atoms with van der Waals surface area (Å²) in [6.07, 6.45) is 4.83. The van der Waals surface area contributed by atoms with Crippen LogP contribution in [0.25, 0.3) is 10.2 Å². The molecule has 3 nitrogen and oxygen atoms in total. The van der Waals surface area contributed by atoms with Gasteiger partial charge in [0, 0.05) is 10.9 Å². The van der Waals surface area contributed by atoms with Crippen LogP contribution in [-0.4, -0.2) is 16.6 Å². The van der Waals surface area contributed by atoms with Crippen molar-refractivity contribution in [2.45, 2.75) is 26.2 Å². The minimum absolute atomic E-state index is 0.842. The fraction of sp³-hybridized carbons (Fsp3) is 0.455. The van der Waals surface area contributed by atoms with Gasteiger partial charge in [-0.3, -0.25) is 0 Å². The highest BCUT2D eigenvalue weighted by Crippen LogP contribution is 2.40. The third kappa shape index (κ3) is 1.32. The maximum absolute atomic E-state index is 5.66. The summed E-state index contributed by atoms with van der Waals surface area (Å²) in [7, 11) is 0. The van der Waals surface area contributed by atoms with Crippen molar-refractivity contribution in [3.63, 3.8) is 0 Å². The maximum Gasteiger partial charge on any atom is 0.179 e. The van der Waals surface area contributed by atoms with Crippen LogP contribution in [0.4, 0.5) is 0 Å². The number of aryl methyl sites for hydroxylation is 2. The van der Waals surface area contributed by atoms with Gasteiger partial charge in [-0.2, -0.15) is 0 Å². The Bertz CT molecular complexity index is 507. The average Bonchev–Trinajstić information content (AvgIpc) is 2.67. The molecule has 3 rings (SSSR count). The second-order valence-electron chi connectivity index (χ2n) is 3.67. The molecule has 0 N–H and O–H groups in total. The lowest BCUT2D eigenvalue weighted by Crippen LogP contribution is -2.06. The van der Waals surface area contributed by atoms with E-state index < -0.39 is 0 Å². The summed E-state index contributed by atoms with van der Waals surface area (Å²) in [5.74, 6) is 0. The third-order valence-electron chi connectivity index (χ3n) is 2.77. The summed E-state index contributed by atoms with van der Waals surface area (Å²) in [6.45, 7) is 2.98. The standard InChI is InChI=1S/C11H12N2OS/c1-2-8-9-7-4-3-5-14-11(7)15-10(9)13-6-12-8/h6H,2-5H2,1H3. The fourth-order valence-corrected chi connectivity index (χ4v) is 3.15. The molecule has 15 heavy (non-hydrogen) atoms. The van der Waals surface area contributed by atoms with E-state index in [2.05, 4.69) is 16.9 Å². The number of fused-ring (bicyclic) bond motifs is 3. The van der Waals surface area contributed by atoms with Crippen LogP contribution in [0.1, 0.15) is 24.6 Å². The van der Waals surface area contributed by atoms with E-state index in [4.69, 9.17) is 4.74 Å². The van der Waals surface area contributed by atoms with Crippen LogP contribution in [0.15, 0.2) is 6.33 Å². The van der Waals surface area contributed by atoms with Crippen LogP contribution in [-0.2, 0) is 12.8 Å². The topological polar surface area (TPSA) is 35.0 Å². The van der Waals surface area contributed by atoms with E-state index in [9.17, 15) is 0 Å². The molecule has 1 aliphatic heterocycles. The van der Waals surface area contributed by atoms with Gasteiger partial charge < -0.3 is 4.74 Å². The molecule has 4 heteroatoms. The molecule has 0 saturated carbocycles. The number of nitrogens with zero attached hydrogens (tertiary/aromatic N) is 2. The van der Waals surface area contributed by atoms with E-state index in [0.29, 0.717) is 0 Å². The molecule has 0 amide bonds. The van der Waals surface area contributed by atoms with Crippen molar-refractivity contribution in [1.82, 2.24) is 9.97 Å². The van der Waals surface area contributed by atoms with E-state index in [-0.39, 0.29) is 0 Å². The molecule has 0 aromatic carbocycles. The third-order valence-corrected chi connectivity index (χ3v) is 3.82. The summed E-state index contributed by atoms with van der Waals surface area (Å²) in [6, 6.07) is 0. The molecule has 0 atom stereocenters. The van der Waals surface area contributed by atoms with Crippen LogP contribution < -0.4 is 4.74 Å². The largest absolute Gasteiger partial charge is 0.484 e. The Morgan fingerprint density at radius 2 is 2.40 bits per heavy atom. The molecular formula is C11H12N2OS. The molecular weight excluding hydrogens is 208 g/mol. The normalized spacial score (nSPS) is 15.0. The highest BCUT2D eigenvalue weighted by molar-refractivity contribution is 7.20. The van der Waals surface area contributed by atoms with Crippen LogP contribution in [0, 0.1) is 0 Å². The van der Waals surface area contributed by atoms with Gasteiger partial charge in [-0.1, -0.05) is 18.3 Å².